The lowest BCUT2D eigenvalue weighted by Gasteiger charge is -2.52. The Hall–Kier alpha value is -2.47. The van der Waals surface area contributed by atoms with E-state index < -0.39 is 48.5 Å². The van der Waals surface area contributed by atoms with Gasteiger partial charge in [0.2, 0.25) is 0 Å². The molecule has 0 spiro atoms. The Kier molecular flexibility index (Phi) is 25.7. The van der Waals surface area contributed by atoms with Crippen LogP contribution in [0.25, 0.3) is 0 Å². The molecule has 2 aliphatic heterocycles. The Morgan fingerprint density at radius 2 is 1.51 bits per heavy atom. The zero-order valence-corrected chi connectivity index (χ0v) is 50.2. The van der Waals surface area contributed by atoms with Crippen LogP contribution in [0, 0.1) is 17.3 Å². The maximum atomic E-state index is 13.8. The van der Waals surface area contributed by atoms with Crippen LogP contribution in [-0.4, -0.2) is 103 Å². The minimum atomic E-state index is -2.32. The summed E-state index contributed by atoms with van der Waals surface area (Å²) in [6, 6.07) is 0. The average molecular weight is 1030 g/mol. The molecule has 0 bridgehead atoms. The summed E-state index contributed by atoms with van der Waals surface area (Å²) in [5.74, 6) is -0.700. The molecule has 9 atom stereocenters. The Morgan fingerprint density at radius 1 is 0.871 bits per heavy atom. The van der Waals surface area contributed by atoms with Crippen LogP contribution in [-0.2, 0) is 37.1 Å². The van der Waals surface area contributed by atoms with Gasteiger partial charge in [0.25, 0.3) is 0 Å². The van der Waals surface area contributed by atoms with Crippen molar-refractivity contribution in [2.24, 2.45) is 17.3 Å². The summed E-state index contributed by atoms with van der Waals surface area (Å²) in [5, 5.41) is 19.7. The fourth-order valence-corrected chi connectivity index (χ4v) is 11.4. The molecule has 0 aromatic rings. The van der Waals surface area contributed by atoms with Gasteiger partial charge < -0.3 is 37.7 Å². The van der Waals surface area contributed by atoms with E-state index in [1.807, 2.05) is 19.1 Å². The van der Waals surface area contributed by atoms with Crippen molar-refractivity contribution >= 4 is 36.9 Å². The summed E-state index contributed by atoms with van der Waals surface area (Å²) in [4.78, 5) is 24.5. The highest BCUT2D eigenvalue weighted by Crippen LogP contribution is 2.45. The van der Waals surface area contributed by atoms with Crippen molar-refractivity contribution in [2.45, 2.75) is 233 Å². The molecule has 0 aromatic heterocycles. The van der Waals surface area contributed by atoms with Gasteiger partial charge in [-0.1, -0.05) is 148 Å². The molecule has 400 valence electrons. The van der Waals surface area contributed by atoms with E-state index in [1.54, 1.807) is 12.2 Å². The second kappa shape index (κ2) is 28.3. The third-order valence-electron chi connectivity index (χ3n) is 14.7. The SMILES string of the molecule is C=C(CCC(C)C)COC(=O)[C@@H](C/C=C\C[C@@H]1O[C@H](/C=C/C/C=C/C(C)=C\[C@H]2O[C@@H](C/C=C/C=C/CC(=O)O)C[C@H](O)[C@H]2C)C[C@@H](O[Si](C)(C)C)[C@@]1(C)CO[Si](C)(C)C(C)(C)C)O[Si](C)(C)C(C)(C)C. The first-order valence-electron chi connectivity index (χ1n) is 26.2. The van der Waals surface area contributed by atoms with Crippen LogP contribution >= 0.6 is 0 Å². The number of hydrogen-bond donors (Lipinski definition) is 2. The molecule has 2 aliphatic rings. The van der Waals surface area contributed by atoms with Crippen LogP contribution in [0.2, 0.25) is 55.9 Å². The molecule has 2 rings (SSSR count). The van der Waals surface area contributed by atoms with Crippen molar-refractivity contribution in [3.05, 3.63) is 84.6 Å². The van der Waals surface area contributed by atoms with E-state index in [9.17, 15) is 14.7 Å². The topological polar surface area (TPSA) is 130 Å². The van der Waals surface area contributed by atoms with Gasteiger partial charge in [0.1, 0.15) is 12.7 Å². The maximum Gasteiger partial charge on any atom is 0.334 e. The molecule has 0 radical (unpaired) electrons. The summed E-state index contributed by atoms with van der Waals surface area (Å²) < 4.78 is 40.3. The van der Waals surface area contributed by atoms with Crippen molar-refractivity contribution in [2.75, 3.05) is 13.2 Å². The molecule has 0 aromatic carbocycles. The number of aliphatic hydroxyl groups is 1. The Balaban J connectivity index is 2.37. The number of carbonyl (C=O) groups is 2. The molecule has 2 saturated heterocycles. The Morgan fingerprint density at radius 3 is 2.11 bits per heavy atom. The van der Waals surface area contributed by atoms with Crippen LogP contribution in [0.1, 0.15) is 134 Å². The third kappa shape index (κ3) is 22.3. The van der Waals surface area contributed by atoms with Gasteiger partial charge in [-0.2, -0.15) is 0 Å². The number of esters is 1. The highest BCUT2D eigenvalue weighted by molar-refractivity contribution is 6.74. The average Bonchev–Trinajstić information content (AvgIpc) is 3.22. The van der Waals surface area contributed by atoms with E-state index in [2.05, 4.69) is 164 Å². The summed E-state index contributed by atoms with van der Waals surface area (Å²) in [6.07, 6.45) is 25.4. The van der Waals surface area contributed by atoms with Crippen LogP contribution in [0.3, 0.4) is 0 Å². The van der Waals surface area contributed by atoms with Gasteiger partial charge in [0.05, 0.1) is 43.0 Å². The number of hydrogen-bond acceptors (Lipinski definition) is 9. The quantitative estimate of drug-likeness (QED) is 0.0355. The zero-order valence-electron chi connectivity index (χ0n) is 47.2. The molecular formula is C57H100O10Si3. The summed E-state index contributed by atoms with van der Waals surface area (Å²) in [6.45, 7) is 44.7. The fraction of sp³-hybridized carbons (Fsp3) is 0.719. The number of allylic oxidation sites excluding steroid dienone is 6. The predicted octanol–water partition coefficient (Wildman–Crippen LogP) is 14.2. The molecule has 2 N–H and O–H groups in total. The maximum absolute atomic E-state index is 13.8. The van der Waals surface area contributed by atoms with E-state index in [-0.39, 0.29) is 65.5 Å². The normalized spacial score (nSPS) is 26.4. The molecule has 0 amide bonds. The molecule has 2 fully saturated rings. The predicted molar refractivity (Wildman–Crippen MR) is 298 cm³/mol. The van der Waals surface area contributed by atoms with E-state index in [4.69, 9.17) is 32.6 Å². The molecule has 0 unspecified atom stereocenters. The van der Waals surface area contributed by atoms with Gasteiger partial charge in [-0.25, -0.2) is 4.79 Å². The van der Waals surface area contributed by atoms with Crippen molar-refractivity contribution in [1.29, 1.82) is 0 Å². The highest BCUT2D eigenvalue weighted by atomic mass is 28.4. The molecular weight excluding hydrogens is 929 g/mol. The third-order valence-corrected chi connectivity index (χ3v) is 24.6. The van der Waals surface area contributed by atoms with E-state index >= 15 is 0 Å². The van der Waals surface area contributed by atoms with Gasteiger partial charge in [-0.05, 0) is 106 Å². The van der Waals surface area contributed by atoms with Crippen LogP contribution in [0.5, 0.6) is 0 Å². The number of aliphatic carboxylic acids is 1. The molecule has 0 aliphatic carbocycles. The van der Waals surface area contributed by atoms with Gasteiger partial charge in [0, 0.05) is 37.2 Å². The Labute approximate surface area is 429 Å². The lowest BCUT2D eigenvalue weighted by atomic mass is 9.73. The minimum Gasteiger partial charge on any atom is -0.481 e. The second-order valence-electron chi connectivity index (χ2n) is 24.8. The van der Waals surface area contributed by atoms with E-state index in [0.717, 1.165) is 24.0 Å². The van der Waals surface area contributed by atoms with Crippen molar-refractivity contribution in [3.63, 3.8) is 0 Å². The monoisotopic (exact) mass is 1030 g/mol. The number of ether oxygens (including phenoxy) is 3. The van der Waals surface area contributed by atoms with Crippen LogP contribution in [0.4, 0.5) is 0 Å². The van der Waals surface area contributed by atoms with E-state index in [0.29, 0.717) is 51.0 Å². The molecule has 70 heavy (non-hydrogen) atoms. The molecule has 0 saturated carbocycles. The first kappa shape index (κ1) is 63.6. The number of carbonyl (C=O) groups excluding carboxylic acids is 1. The smallest absolute Gasteiger partial charge is 0.334 e. The fourth-order valence-electron chi connectivity index (χ4n) is 7.78. The van der Waals surface area contributed by atoms with E-state index in [1.165, 1.54) is 0 Å². The minimum absolute atomic E-state index is 0.0150. The lowest BCUT2D eigenvalue weighted by molar-refractivity contribution is -0.172. The van der Waals surface area contributed by atoms with Gasteiger partial charge in [-0.15, -0.1) is 0 Å². The highest BCUT2D eigenvalue weighted by Gasteiger charge is 2.51. The van der Waals surface area contributed by atoms with Crippen LogP contribution < -0.4 is 0 Å². The number of carboxylic acid groups (broad SMARTS) is 1. The largest absolute Gasteiger partial charge is 0.481 e. The number of aliphatic hydroxyl groups excluding tert-OH is 1. The molecule has 2 heterocycles. The summed E-state index contributed by atoms with van der Waals surface area (Å²) in [7, 11) is -6.48. The lowest BCUT2D eigenvalue weighted by Crippen LogP contribution is -2.58. The zero-order chi connectivity index (χ0) is 53.3. The van der Waals surface area contributed by atoms with Crippen molar-refractivity contribution < 1.29 is 47.3 Å². The van der Waals surface area contributed by atoms with Crippen LogP contribution in [0.15, 0.2) is 84.6 Å². The summed E-state index contributed by atoms with van der Waals surface area (Å²) >= 11 is 0. The van der Waals surface area contributed by atoms with Crippen molar-refractivity contribution in [3.8, 4) is 0 Å². The Bertz CT molecular complexity index is 1820. The second-order valence-corrected chi connectivity index (χ2v) is 38.9. The molecule has 10 nitrogen and oxygen atoms in total. The first-order valence-corrected chi connectivity index (χ1v) is 35.4. The number of carboxylic acids is 1. The molecule has 13 heteroatoms. The number of rotatable bonds is 27. The standard InChI is InChI=1S/C57H100O10Si3/c1-42(2)35-36-44(4)40-62-54(61)49(66-70(18,19)56(9,10)11)32-27-28-33-51-57(12,41-63-69(16,17)55(6,7)8)52(67-68(13,14)15)39-47(65-51)31-25-22-23-29-43(3)37-50-45(5)48(58)38-46(64-50)30-24-20-21-26-34-53(59)60/h20-21,23-29,31,37,42,45-52,58H,4,22,30,32-36,38-41H2,1-3,5-19H3,(H,59,60)/b24-20+,26-21+,28-27-,29-23+,31-25+,43-37-/t45-,46+,47-,48+,49-,50-,51+,52-,57+/m1/s1. The first-order chi connectivity index (χ1) is 32.2. The van der Waals surface area contributed by atoms with Gasteiger partial charge in [0.15, 0.2) is 25.0 Å². The van der Waals surface area contributed by atoms with Crippen molar-refractivity contribution in [1.82, 2.24) is 0 Å². The van der Waals surface area contributed by atoms with Gasteiger partial charge >= 0.3 is 11.9 Å². The van der Waals surface area contributed by atoms with Gasteiger partial charge in [-0.3, -0.25) is 4.79 Å². The summed E-state index contributed by atoms with van der Waals surface area (Å²) in [5.41, 5.74) is 1.53.